The highest BCUT2D eigenvalue weighted by Gasteiger charge is 2.19. The maximum Gasteiger partial charge on any atom is 0.269 e. The van der Waals surface area contributed by atoms with Crippen LogP contribution in [0, 0.1) is 17.0 Å². The molecular formula is C19H22N2O3S. The number of thioether (sulfide) groups is 1. The first-order valence-electron chi connectivity index (χ1n) is 8.18. The Morgan fingerprint density at radius 1 is 1.16 bits per heavy atom. The Morgan fingerprint density at radius 2 is 1.76 bits per heavy atom. The van der Waals surface area contributed by atoms with Gasteiger partial charge in [0.1, 0.15) is 0 Å². The maximum absolute atomic E-state index is 12.5. The number of aryl methyl sites for hydroxylation is 1. The Hall–Kier alpha value is -2.34. The van der Waals surface area contributed by atoms with E-state index in [4.69, 9.17) is 0 Å². The van der Waals surface area contributed by atoms with Crippen molar-refractivity contribution in [2.45, 2.75) is 43.4 Å². The largest absolute Gasteiger partial charge is 0.348 e. The van der Waals surface area contributed by atoms with E-state index in [0.29, 0.717) is 0 Å². The Morgan fingerprint density at radius 3 is 2.28 bits per heavy atom. The third kappa shape index (κ3) is 5.32. The van der Waals surface area contributed by atoms with E-state index in [9.17, 15) is 14.9 Å². The Kier molecular flexibility index (Phi) is 6.58. The molecule has 0 fully saturated rings. The van der Waals surface area contributed by atoms with Crippen molar-refractivity contribution in [3.05, 3.63) is 69.8 Å². The van der Waals surface area contributed by atoms with E-state index in [1.807, 2.05) is 45.0 Å². The molecule has 1 amide bonds. The molecule has 25 heavy (non-hydrogen) atoms. The lowest BCUT2D eigenvalue weighted by Crippen LogP contribution is -2.34. The second-order valence-corrected chi connectivity index (χ2v) is 7.31. The summed E-state index contributed by atoms with van der Waals surface area (Å²) in [6, 6.07) is 14.4. The number of nitrogens with zero attached hydrogens (tertiary/aromatic N) is 1. The maximum atomic E-state index is 12.5. The molecule has 0 saturated carbocycles. The van der Waals surface area contributed by atoms with E-state index in [1.165, 1.54) is 29.5 Å². The van der Waals surface area contributed by atoms with E-state index in [1.54, 1.807) is 12.1 Å². The standard InChI is InChI=1S/C19H22N2O3S/c1-4-18(15-7-5-13(2)6-8-15)20-19(22)14(3)25-17-11-9-16(10-12-17)21(23)24/h5-12,14,18H,4H2,1-3H3,(H,20,22). The van der Waals surface area contributed by atoms with Gasteiger partial charge in [-0.25, -0.2) is 0 Å². The highest BCUT2D eigenvalue weighted by Crippen LogP contribution is 2.26. The van der Waals surface area contributed by atoms with Crippen LogP contribution in [0.3, 0.4) is 0 Å². The van der Waals surface area contributed by atoms with Crippen molar-refractivity contribution in [2.75, 3.05) is 0 Å². The number of benzene rings is 2. The fourth-order valence-electron chi connectivity index (χ4n) is 2.41. The number of nitrogens with one attached hydrogen (secondary N) is 1. The summed E-state index contributed by atoms with van der Waals surface area (Å²) in [7, 11) is 0. The first-order chi connectivity index (χ1) is 11.9. The number of hydrogen-bond acceptors (Lipinski definition) is 4. The van der Waals surface area contributed by atoms with Gasteiger partial charge in [0.25, 0.3) is 5.69 Å². The van der Waals surface area contributed by atoms with Crippen LogP contribution in [0.5, 0.6) is 0 Å². The van der Waals surface area contributed by atoms with Crippen LogP contribution in [0.25, 0.3) is 0 Å². The van der Waals surface area contributed by atoms with Crippen molar-refractivity contribution in [2.24, 2.45) is 0 Å². The van der Waals surface area contributed by atoms with Crippen molar-refractivity contribution in [1.82, 2.24) is 5.32 Å². The minimum absolute atomic E-state index is 0.0204. The molecule has 0 aliphatic heterocycles. The van der Waals surface area contributed by atoms with Crippen LogP contribution in [-0.2, 0) is 4.79 Å². The van der Waals surface area contributed by atoms with Crippen molar-refractivity contribution >= 4 is 23.4 Å². The summed E-state index contributed by atoms with van der Waals surface area (Å²) in [5, 5.41) is 13.5. The summed E-state index contributed by atoms with van der Waals surface area (Å²) in [5.74, 6) is -0.0456. The Labute approximate surface area is 152 Å². The van der Waals surface area contributed by atoms with Crippen LogP contribution in [0.2, 0.25) is 0 Å². The number of nitro benzene ring substituents is 1. The second kappa shape index (κ2) is 8.67. The van der Waals surface area contributed by atoms with E-state index in [2.05, 4.69) is 5.32 Å². The summed E-state index contributed by atoms with van der Waals surface area (Å²) < 4.78 is 0. The lowest BCUT2D eigenvalue weighted by Gasteiger charge is -2.20. The van der Waals surface area contributed by atoms with Crippen LogP contribution in [0.4, 0.5) is 5.69 Å². The van der Waals surface area contributed by atoms with Gasteiger partial charge in [0, 0.05) is 17.0 Å². The summed E-state index contributed by atoms with van der Waals surface area (Å²) in [6.45, 7) is 5.91. The molecule has 0 heterocycles. The number of non-ortho nitro benzene ring substituents is 1. The molecule has 2 unspecified atom stereocenters. The van der Waals surface area contributed by atoms with Gasteiger partial charge in [-0.3, -0.25) is 14.9 Å². The van der Waals surface area contributed by atoms with Gasteiger partial charge in [0.05, 0.1) is 16.2 Å². The zero-order chi connectivity index (χ0) is 18.4. The predicted molar refractivity (Wildman–Crippen MR) is 101 cm³/mol. The molecule has 0 saturated heterocycles. The summed E-state index contributed by atoms with van der Waals surface area (Å²) in [5.41, 5.74) is 2.33. The number of amides is 1. The quantitative estimate of drug-likeness (QED) is 0.444. The Balaban J connectivity index is 1.98. The van der Waals surface area contributed by atoms with Crippen LogP contribution in [-0.4, -0.2) is 16.1 Å². The van der Waals surface area contributed by atoms with Gasteiger partial charge in [-0.15, -0.1) is 11.8 Å². The predicted octanol–water partition coefficient (Wildman–Crippen LogP) is 4.65. The molecule has 2 atom stereocenters. The van der Waals surface area contributed by atoms with E-state index in [-0.39, 0.29) is 22.9 Å². The molecule has 2 aromatic carbocycles. The van der Waals surface area contributed by atoms with Crippen LogP contribution >= 0.6 is 11.8 Å². The van der Waals surface area contributed by atoms with Gasteiger partial charge >= 0.3 is 0 Å². The van der Waals surface area contributed by atoms with Gasteiger partial charge in [-0.1, -0.05) is 36.8 Å². The highest BCUT2D eigenvalue weighted by molar-refractivity contribution is 8.00. The lowest BCUT2D eigenvalue weighted by molar-refractivity contribution is -0.384. The third-order valence-electron chi connectivity index (χ3n) is 3.93. The van der Waals surface area contributed by atoms with Gasteiger partial charge in [-0.2, -0.15) is 0 Å². The minimum atomic E-state index is -0.433. The molecule has 0 aromatic heterocycles. The van der Waals surface area contributed by atoms with Gasteiger partial charge < -0.3 is 5.32 Å². The molecule has 0 spiro atoms. The van der Waals surface area contributed by atoms with Crippen molar-refractivity contribution in [1.29, 1.82) is 0 Å². The molecule has 6 heteroatoms. The third-order valence-corrected chi connectivity index (χ3v) is 5.05. The fourth-order valence-corrected chi connectivity index (χ4v) is 3.29. The molecule has 0 aliphatic carbocycles. The fraction of sp³-hybridized carbons (Fsp3) is 0.316. The molecule has 0 radical (unpaired) electrons. The highest BCUT2D eigenvalue weighted by atomic mass is 32.2. The molecule has 0 bridgehead atoms. The average Bonchev–Trinajstić information content (AvgIpc) is 2.60. The molecule has 5 nitrogen and oxygen atoms in total. The summed E-state index contributed by atoms with van der Waals surface area (Å²) in [6.07, 6.45) is 0.809. The molecule has 0 aliphatic rings. The zero-order valence-corrected chi connectivity index (χ0v) is 15.4. The summed E-state index contributed by atoms with van der Waals surface area (Å²) >= 11 is 1.39. The van der Waals surface area contributed by atoms with Gasteiger partial charge in [-0.05, 0) is 38.0 Å². The van der Waals surface area contributed by atoms with E-state index in [0.717, 1.165) is 16.9 Å². The van der Waals surface area contributed by atoms with Crippen molar-refractivity contribution < 1.29 is 9.72 Å². The van der Waals surface area contributed by atoms with Gasteiger partial charge in [0.15, 0.2) is 0 Å². The number of nitro groups is 1. The number of carbonyl (C=O) groups is 1. The smallest absolute Gasteiger partial charge is 0.269 e. The molecule has 1 N–H and O–H groups in total. The molecule has 2 rings (SSSR count). The average molecular weight is 358 g/mol. The van der Waals surface area contributed by atoms with Crippen molar-refractivity contribution in [3.63, 3.8) is 0 Å². The number of carbonyl (C=O) groups excluding carboxylic acids is 1. The lowest BCUT2D eigenvalue weighted by atomic mass is 10.0. The van der Waals surface area contributed by atoms with Gasteiger partial charge in [0.2, 0.25) is 5.91 Å². The molecule has 2 aromatic rings. The van der Waals surface area contributed by atoms with Crippen LogP contribution in [0.15, 0.2) is 53.4 Å². The monoisotopic (exact) mass is 358 g/mol. The second-order valence-electron chi connectivity index (χ2n) is 5.89. The summed E-state index contributed by atoms with van der Waals surface area (Å²) in [4.78, 5) is 23.6. The normalized spacial score (nSPS) is 13.1. The topological polar surface area (TPSA) is 72.2 Å². The Bertz CT molecular complexity index is 729. The SMILES string of the molecule is CCC(NC(=O)C(C)Sc1ccc([N+](=O)[O-])cc1)c1ccc(C)cc1. The molecular weight excluding hydrogens is 336 g/mol. The van der Waals surface area contributed by atoms with Crippen LogP contribution < -0.4 is 5.32 Å². The molecule has 132 valence electrons. The van der Waals surface area contributed by atoms with E-state index < -0.39 is 4.92 Å². The number of rotatable bonds is 7. The van der Waals surface area contributed by atoms with E-state index >= 15 is 0 Å². The zero-order valence-electron chi connectivity index (χ0n) is 14.6. The van der Waals surface area contributed by atoms with Crippen LogP contribution in [0.1, 0.15) is 37.4 Å². The van der Waals surface area contributed by atoms with Crippen molar-refractivity contribution in [3.8, 4) is 0 Å². The minimum Gasteiger partial charge on any atom is -0.348 e. The number of hydrogen-bond donors (Lipinski definition) is 1. The first kappa shape index (κ1) is 19.0. The first-order valence-corrected chi connectivity index (χ1v) is 9.06.